The molecule has 0 saturated carbocycles. The Morgan fingerprint density at radius 1 is 0.600 bits per heavy atom. The fourth-order valence-electron chi connectivity index (χ4n) is 7.57. The zero-order valence-electron chi connectivity index (χ0n) is 35.7. The quantitative estimate of drug-likeness (QED) is 0.0267. The summed E-state index contributed by atoms with van der Waals surface area (Å²) in [6.07, 6.45) is 35.3. The van der Waals surface area contributed by atoms with Crippen LogP contribution in [0.5, 0.6) is 0 Å². The predicted molar refractivity (Wildman–Crippen MR) is 226 cm³/mol. The van der Waals surface area contributed by atoms with Gasteiger partial charge in [-0.1, -0.05) is 206 Å². The molecule has 1 aliphatic rings. The molecule has 6 N–H and O–H groups in total. The summed E-state index contributed by atoms with van der Waals surface area (Å²) in [7, 11) is 0. The molecule has 1 aliphatic heterocycles. The van der Waals surface area contributed by atoms with Crippen molar-refractivity contribution in [1.29, 1.82) is 0 Å². The lowest BCUT2D eigenvalue weighted by Crippen LogP contribution is -2.60. The van der Waals surface area contributed by atoms with Gasteiger partial charge in [0.1, 0.15) is 24.4 Å². The van der Waals surface area contributed by atoms with E-state index in [4.69, 9.17) is 9.47 Å². The van der Waals surface area contributed by atoms with Crippen LogP contribution in [-0.4, -0.2) is 87.5 Å². The predicted octanol–water partition coefficient (Wildman–Crippen LogP) is 9.73. The van der Waals surface area contributed by atoms with Crippen LogP contribution in [0.3, 0.4) is 0 Å². The Kier molecular flexibility index (Phi) is 35.2. The van der Waals surface area contributed by atoms with Crippen LogP contribution in [0.2, 0.25) is 0 Å². The highest BCUT2D eigenvalue weighted by Crippen LogP contribution is 2.23. The molecule has 1 rings (SSSR count). The van der Waals surface area contributed by atoms with Gasteiger partial charge in [0.25, 0.3) is 0 Å². The SMILES string of the molecule is CCCCCCCCCCCCCCCC/C=C/[C@@H](O)[C@H](CO[C@H]1O[C@@H](CO)[C@H](O)C(O)C1O)NC(=O)CCCCCCCCCCCCCCCCCC. The van der Waals surface area contributed by atoms with Gasteiger partial charge < -0.3 is 40.3 Å². The lowest BCUT2D eigenvalue weighted by Gasteiger charge is -2.40. The molecule has 55 heavy (non-hydrogen) atoms. The van der Waals surface area contributed by atoms with E-state index in [0.717, 1.165) is 38.5 Å². The molecule has 0 aromatic carbocycles. The third-order valence-corrected chi connectivity index (χ3v) is 11.4. The summed E-state index contributed by atoms with van der Waals surface area (Å²) in [5.74, 6) is -0.174. The number of unbranched alkanes of at least 4 members (excludes halogenated alkanes) is 29. The van der Waals surface area contributed by atoms with E-state index >= 15 is 0 Å². The van der Waals surface area contributed by atoms with Gasteiger partial charge in [-0.3, -0.25) is 4.79 Å². The Labute approximate surface area is 337 Å². The van der Waals surface area contributed by atoms with E-state index in [0.29, 0.717) is 6.42 Å². The van der Waals surface area contributed by atoms with Crippen LogP contribution in [0.1, 0.15) is 219 Å². The van der Waals surface area contributed by atoms with Crippen LogP contribution in [-0.2, 0) is 14.3 Å². The van der Waals surface area contributed by atoms with Gasteiger partial charge in [0, 0.05) is 6.42 Å². The van der Waals surface area contributed by atoms with Gasteiger partial charge in [-0.05, 0) is 19.3 Å². The van der Waals surface area contributed by atoms with Crippen molar-refractivity contribution in [1.82, 2.24) is 5.32 Å². The number of aliphatic hydroxyl groups is 5. The average Bonchev–Trinajstić information content (AvgIpc) is 3.18. The van der Waals surface area contributed by atoms with E-state index in [1.165, 1.54) is 161 Å². The number of hydrogen-bond donors (Lipinski definition) is 6. The van der Waals surface area contributed by atoms with Gasteiger partial charge >= 0.3 is 0 Å². The third-order valence-electron chi connectivity index (χ3n) is 11.4. The lowest BCUT2D eigenvalue weighted by molar-refractivity contribution is -0.302. The molecule has 2 unspecified atom stereocenters. The van der Waals surface area contributed by atoms with Gasteiger partial charge in [-0.15, -0.1) is 0 Å². The van der Waals surface area contributed by atoms with Crippen molar-refractivity contribution >= 4 is 5.91 Å². The molecule has 7 atom stereocenters. The van der Waals surface area contributed by atoms with E-state index in [1.54, 1.807) is 6.08 Å². The highest BCUT2D eigenvalue weighted by Gasteiger charge is 2.44. The first-order valence-electron chi connectivity index (χ1n) is 23.4. The van der Waals surface area contributed by atoms with Crippen molar-refractivity contribution < 1.29 is 39.8 Å². The number of hydrogen-bond acceptors (Lipinski definition) is 8. The van der Waals surface area contributed by atoms with Crippen molar-refractivity contribution in [3.8, 4) is 0 Å². The van der Waals surface area contributed by atoms with Gasteiger partial charge in [0.05, 0.1) is 25.4 Å². The molecule has 1 heterocycles. The smallest absolute Gasteiger partial charge is 0.220 e. The van der Waals surface area contributed by atoms with Gasteiger partial charge in [-0.25, -0.2) is 0 Å². The zero-order valence-corrected chi connectivity index (χ0v) is 35.7. The molecule has 0 bridgehead atoms. The second-order valence-corrected chi connectivity index (χ2v) is 16.6. The first-order valence-corrected chi connectivity index (χ1v) is 23.4. The second kappa shape index (κ2) is 37.2. The van der Waals surface area contributed by atoms with Crippen LogP contribution >= 0.6 is 0 Å². The highest BCUT2D eigenvalue weighted by atomic mass is 16.7. The first-order chi connectivity index (χ1) is 26.8. The fraction of sp³-hybridized carbons (Fsp3) is 0.935. The van der Waals surface area contributed by atoms with E-state index < -0.39 is 49.5 Å². The Bertz CT molecular complexity index is 873. The molecular formula is C46H89NO8. The van der Waals surface area contributed by atoms with Crippen molar-refractivity contribution in [2.45, 2.75) is 262 Å². The molecule has 326 valence electrons. The second-order valence-electron chi connectivity index (χ2n) is 16.6. The molecular weight excluding hydrogens is 695 g/mol. The number of carbonyl (C=O) groups is 1. The molecule has 0 aromatic rings. The van der Waals surface area contributed by atoms with Crippen molar-refractivity contribution in [3.05, 3.63) is 12.2 Å². The summed E-state index contributed by atoms with van der Waals surface area (Å²) < 4.78 is 11.2. The molecule has 9 heteroatoms. The Balaban J connectivity index is 2.35. The number of carbonyl (C=O) groups excluding carboxylic acids is 1. The molecule has 0 radical (unpaired) electrons. The zero-order chi connectivity index (χ0) is 40.2. The number of rotatable bonds is 39. The highest BCUT2D eigenvalue weighted by molar-refractivity contribution is 5.76. The molecule has 0 aromatic heterocycles. The van der Waals surface area contributed by atoms with Crippen LogP contribution in [0, 0.1) is 0 Å². The summed E-state index contributed by atoms with van der Waals surface area (Å²) >= 11 is 0. The first kappa shape index (κ1) is 51.9. The largest absolute Gasteiger partial charge is 0.394 e. The number of aliphatic hydroxyl groups excluding tert-OH is 5. The summed E-state index contributed by atoms with van der Waals surface area (Å²) in [5.41, 5.74) is 0. The maximum Gasteiger partial charge on any atom is 0.220 e. The summed E-state index contributed by atoms with van der Waals surface area (Å²) in [6.45, 7) is 3.79. The minimum absolute atomic E-state index is 0.174. The third kappa shape index (κ3) is 28.1. The maximum atomic E-state index is 12.9. The fourth-order valence-corrected chi connectivity index (χ4v) is 7.57. The average molecular weight is 784 g/mol. The van der Waals surface area contributed by atoms with Crippen molar-refractivity contribution in [2.75, 3.05) is 13.2 Å². The van der Waals surface area contributed by atoms with E-state index in [2.05, 4.69) is 19.2 Å². The molecule has 9 nitrogen and oxygen atoms in total. The van der Waals surface area contributed by atoms with E-state index in [9.17, 15) is 30.3 Å². The molecule has 1 fully saturated rings. The molecule has 1 amide bonds. The van der Waals surface area contributed by atoms with Gasteiger partial charge in [-0.2, -0.15) is 0 Å². The minimum Gasteiger partial charge on any atom is -0.394 e. The lowest BCUT2D eigenvalue weighted by atomic mass is 9.99. The van der Waals surface area contributed by atoms with Crippen LogP contribution in [0.15, 0.2) is 12.2 Å². The van der Waals surface area contributed by atoms with Crippen molar-refractivity contribution in [3.63, 3.8) is 0 Å². The number of nitrogens with one attached hydrogen (secondary N) is 1. The standard InChI is InChI=1S/C46H89NO8/c1-3-5-7-9-11-13-15-17-19-21-23-25-27-29-31-33-35-40(49)39(38-54-46-45(53)44(52)43(51)41(37-48)55-46)47-42(50)36-34-32-30-28-26-24-22-20-18-16-14-12-10-8-6-4-2/h33,35,39-41,43-46,48-49,51-53H,3-32,34,36-38H2,1-2H3,(H,47,50)/b35-33+/t39-,40+,41-,43-,44?,45?,46-/m0/s1. The Morgan fingerprint density at radius 2 is 1.00 bits per heavy atom. The number of ether oxygens (including phenoxy) is 2. The number of amides is 1. The summed E-state index contributed by atoms with van der Waals surface area (Å²) in [4.78, 5) is 12.9. The topological polar surface area (TPSA) is 149 Å². The van der Waals surface area contributed by atoms with E-state index in [-0.39, 0.29) is 12.5 Å². The normalized spacial score (nSPS) is 21.3. The monoisotopic (exact) mass is 784 g/mol. The summed E-state index contributed by atoms with van der Waals surface area (Å²) in [6, 6.07) is -0.798. The van der Waals surface area contributed by atoms with E-state index in [1.807, 2.05) is 6.08 Å². The summed E-state index contributed by atoms with van der Waals surface area (Å²) in [5, 5.41) is 54.2. The molecule has 0 spiro atoms. The van der Waals surface area contributed by atoms with Gasteiger partial charge in [0.2, 0.25) is 5.91 Å². The minimum atomic E-state index is -1.56. The van der Waals surface area contributed by atoms with Crippen molar-refractivity contribution in [2.24, 2.45) is 0 Å². The number of allylic oxidation sites excluding steroid dienone is 1. The molecule has 0 aliphatic carbocycles. The van der Waals surface area contributed by atoms with Crippen LogP contribution in [0.25, 0.3) is 0 Å². The van der Waals surface area contributed by atoms with Crippen LogP contribution in [0.4, 0.5) is 0 Å². The maximum absolute atomic E-state index is 12.9. The van der Waals surface area contributed by atoms with Crippen LogP contribution < -0.4 is 5.32 Å². The molecule has 1 saturated heterocycles. The Hall–Kier alpha value is -1.07. The van der Waals surface area contributed by atoms with Gasteiger partial charge in [0.15, 0.2) is 6.29 Å². The Morgan fingerprint density at radius 3 is 1.42 bits per heavy atom.